The first-order valence-electron chi connectivity index (χ1n) is 50.6. The molecule has 10 aliphatic heterocycles. The number of rotatable bonds is 14. The molecule has 0 aromatic carbocycles. The van der Waals surface area contributed by atoms with Crippen LogP contribution in [-0.2, 0) is 62.0 Å². The zero-order chi connectivity index (χ0) is 103. The normalized spacial score (nSPS) is 22.8. The summed E-state index contributed by atoms with van der Waals surface area (Å²) in [6, 6.07) is 1.05. The maximum Gasteiger partial charge on any atom is 0.410 e. The fourth-order valence-electron chi connectivity index (χ4n) is 16.6. The van der Waals surface area contributed by atoms with Crippen LogP contribution in [0.25, 0.3) is 0 Å². The van der Waals surface area contributed by atoms with Gasteiger partial charge in [0.25, 0.3) is 11.8 Å². The zero-order valence-corrected chi connectivity index (χ0v) is 90.8. The first-order chi connectivity index (χ1) is 61.0. The molecule has 0 aromatic heterocycles. The summed E-state index contributed by atoms with van der Waals surface area (Å²) in [6.07, 6.45) is 10.6. The Morgan fingerprint density at radius 3 is 1.17 bits per heavy atom. The predicted octanol–water partition coefficient (Wildman–Crippen LogP) is 14.2. The summed E-state index contributed by atoms with van der Waals surface area (Å²) < 4.78 is 41.5. The van der Waals surface area contributed by atoms with Gasteiger partial charge in [0.2, 0.25) is 35.4 Å². The van der Waals surface area contributed by atoms with Crippen molar-refractivity contribution < 1.29 is 74.4 Å². The van der Waals surface area contributed by atoms with Crippen molar-refractivity contribution in [2.75, 3.05) is 232 Å². The predicted molar refractivity (Wildman–Crippen MR) is 531 cm³/mol. The van der Waals surface area contributed by atoms with Crippen LogP contribution in [0.5, 0.6) is 0 Å². The summed E-state index contributed by atoms with van der Waals surface area (Å²) in [4.78, 5) is 143. The molecule has 0 aromatic rings. The summed E-state index contributed by atoms with van der Waals surface area (Å²) >= 11 is 0. The van der Waals surface area contributed by atoms with E-state index < -0.39 is 11.9 Å². The summed E-state index contributed by atoms with van der Waals surface area (Å²) in [5.74, 6) is 1.70. The highest BCUT2D eigenvalue weighted by molar-refractivity contribution is 5.84. The number of likely N-dealkylation sites (N-methyl/N-ethyl adjacent to an activating group) is 3. The van der Waals surface area contributed by atoms with Gasteiger partial charge in [-0.2, -0.15) is 0 Å². The van der Waals surface area contributed by atoms with Gasteiger partial charge in [-0.1, -0.05) is 208 Å². The minimum Gasteiger partial charge on any atom is -0.449 e. The second-order valence-electron chi connectivity index (χ2n) is 50.9. The van der Waals surface area contributed by atoms with Gasteiger partial charge >= 0.3 is 12.2 Å². The van der Waals surface area contributed by atoms with Crippen molar-refractivity contribution in [3.63, 3.8) is 0 Å². The Morgan fingerprint density at radius 2 is 0.818 bits per heavy atom. The molecule has 29 nitrogen and oxygen atoms in total. The number of nitrogens with zero attached hydrogens (tertiary/aromatic N) is 14. The van der Waals surface area contributed by atoms with Gasteiger partial charge < -0.3 is 67.8 Å². The zero-order valence-electron chi connectivity index (χ0n) is 92.8. The van der Waals surface area contributed by atoms with Crippen molar-refractivity contribution in [1.82, 2.24) is 68.6 Å². The third kappa shape index (κ3) is 48.8. The van der Waals surface area contributed by atoms with Crippen molar-refractivity contribution in [2.24, 2.45) is 60.1 Å². The minimum atomic E-state index is -1.58. The number of likely N-dealkylation sites (tertiary alicyclic amines) is 3. The number of hydrogen-bond donors (Lipinski definition) is 0. The molecular formula is C103H196N14O15. The first-order valence-corrected chi connectivity index (χ1v) is 49.6. The SMILES string of the molecule is CC(C)(C)CN1C(=O)OCC12CC2.CC(C)(C)CN1CCCC1=O.CC(C)(C)CN1CCCCOC1=O.CC(C)(C)CN1CCN(C2CC2)CC1=O.CC(N1CCN(C)CC1=O)C(C)(C)C.CN(CC(C)(C)C)C(=O)[C@@H]1CCOC1.CN1CCN(CC(C)(C)C)C(=O)C1.CO[C@@H]1CCN(CC(C)(C)C)C1=O.CO[C@H]1CCN(CC(C)(C)C)C1=O.[2H]C([2H])(N1CCN(C)CC1=O)C(C)(C)C. The largest absolute Gasteiger partial charge is 0.449 e. The van der Waals surface area contributed by atoms with E-state index in [1.807, 2.05) is 98.0 Å². The number of ether oxygens (including phenoxy) is 5. The van der Waals surface area contributed by atoms with Crippen LogP contribution in [0.3, 0.4) is 0 Å². The highest BCUT2D eigenvalue weighted by Crippen LogP contribution is 2.47. The van der Waals surface area contributed by atoms with E-state index in [-0.39, 0.29) is 120 Å². The van der Waals surface area contributed by atoms with Gasteiger partial charge in [0.1, 0.15) is 18.8 Å². The Hall–Kier alpha value is -5.98. The van der Waals surface area contributed by atoms with E-state index in [0.29, 0.717) is 70.4 Å². The molecule has 0 radical (unpaired) electrons. The molecule has 10 amide bonds. The van der Waals surface area contributed by atoms with E-state index in [0.717, 1.165) is 195 Å². The molecule has 10 heterocycles. The van der Waals surface area contributed by atoms with Crippen LogP contribution < -0.4 is 0 Å². The monoisotopic (exact) mass is 1870 g/mol. The Labute approximate surface area is 806 Å². The third-order valence-electron chi connectivity index (χ3n) is 23.6. The molecule has 768 valence electrons. The molecule has 29 heteroatoms. The van der Waals surface area contributed by atoms with Crippen LogP contribution in [0, 0.1) is 60.1 Å². The van der Waals surface area contributed by atoms with Gasteiger partial charge in [-0.05, 0) is 134 Å². The molecule has 2 saturated carbocycles. The number of hydrogen-bond acceptors (Lipinski definition) is 19. The molecule has 10 saturated heterocycles. The maximum absolute atomic E-state index is 11.9. The summed E-state index contributed by atoms with van der Waals surface area (Å²) in [5, 5.41) is 0. The Bertz CT molecular complexity index is 3580. The lowest BCUT2D eigenvalue weighted by Gasteiger charge is -2.42. The van der Waals surface area contributed by atoms with Crippen LogP contribution in [0.15, 0.2) is 0 Å². The summed E-state index contributed by atoms with van der Waals surface area (Å²) in [6.45, 7) is 86.0. The Kier molecular flexibility index (Phi) is 46.0. The van der Waals surface area contributed by atoms with E-state index in [1.54, 1.807) is 14.2 Å². The number of carbonyl (C=O) groups excluding carboxylic acids is 10. The molecule has 1 spiro atoms. The molecule has 132 heavy (non-hydrogen) atoms. The second-order valence-corrected chi connectivity index (χ2v) is 50.9. The number of piperazine rings is 4. The second kappa shape index (κ2) is 52.2. The molecular weight excluding hydrogens is 1670 g/mol. The lowest BCUT2D eigenvalue weighted by molar-refractivity contribution is -0.140. The van der Waals surface area contributed by atoms with Gasteiger partial charge in [-0.15, -0.1) is 0 Å². The molecule has 0 bridgehead atoms. The molecule has 12 rings (SSSR count). The van der Waals surface area contributed by atoms with Crippen molar-refractivity contribution >= 4 is 59.4 Å². The van der Waals surface area contributed by atoms with Crippen LogP contribution in [-0.4, -0.2) is 390 Å². The smallest absolute Gasteiger partial charge is 0.410 e. The molecule has 12 fully saturated rings. The Balaban J connectivity index is 0.000000384. The molecule has 2 aliphatic carbocycles. The quantitative estimate of drug-likeness (QED) is 0.156. The van der Waals surface area contributed by atoms with Crippen LogP contribution in [0.2, 0.25) is 0 Å². The van der Waals surface area contributed by atoms with E-state index in [2.05, 4.69) is 209 Å². The van der Waals surface area contributed by atoms with E-state index in [9.17, 15) is 47.9 Å². The topological polar surface area (TPSA) is 262 Å². The maximum atomic E-state index is 11.9. The van der Waals surface area contributed by atoms with Crippen molar-refractivity contribution in [1.29, 1.82) is 0 Å². The Morgan fingerprint density at radius 1 is 0.417 bits per heavy atom. The van der Waals surface area contributed by atoms with Gasteiger partial charge in [-0.25, -0.2) is 9.59 Å². The van der Waals surface area contributed by atoms with Crippen LogP contribution in [0.1, 0.15) is 288 Å². The van der Waals surface area contributed by atoms with Gasteiger partial charge in [-0.3, -0.25) is 62.9 Å². The standard InChI is InChI=1S/C12H22N2O.C11H22N2O.C11H21NO2.2C10H20N2O.C10H17NO2.3C10H19NO2.C9H17NO/c1-12(2,3)9-14-7-6-13(8-11(14)15)10-4-5-10;1-9(11(2,3)4)13-7-6-12(5)8-10(13)14;1-11(2,3)8-12(4)10(13)9-5-6-14-7-9;2*1-10(2,3)8-12-6-5-11(4)7-9(12)13;1-9(2,3)6-11-8(12)13-7-10(11)4-5-10;2*1-10(2,3)7-11-6-5-8(13-4)9(11)12;1-10(2,3)8-11-6-4-5-7-13-9(11)12;1-9(2,3)7-10-6-4-5-8(10)11/h10H,4-9H2,1-3H3;9H,6-8H2,1-5H3;9H,5-8H2,1-4H3;2*5-8H2,1-4H3;4-7H2,1-3H3;2*8H,5-7H2,1-4H3;4-8H2,1-3H3;4-7H2,1-3H3/t;;9-;;;;2*8-;;/m..1...10../s1/i;;;8D2;;;;;;. The minimum absolute atomic E-state index is 0.0994. The van der Waals surface area contributed by atoms with Gasteiger partial charge in [0, 0.05) is 199 Å². The number of methoxy groups -OCH3 is 2. The van der Waals surface area contributed by atoms with Crippen LogP contribution in [0.4, 0.5) is 9.59 Å². The summed E-state index contributed by atoms with van der Waals surface area (Å²) in [7, 11) is 10.9. The number of carbonyl (C=O) groups is 10. The highest BCUT2D eigenvalue weighted by atomic mass is 16.6. The number of amides is 10. The molecule has 1 unspecified atom stereocenters. The van der Waals surface area contributed by atoms with Gasteiger partial charge in [0.15, 0.2) is 0 Å². The van der Waals surface area contributed by atoms with Crippen molar-refractivity contribution in [3.05, 3.63) is 0 Å². The van der Waals surface area contributed by atoms with Gasteiger partial charge in [0.05, 0.1) is 50.8 Å². The average molecular weight is 1870 g/mol. The molecule has 0 N–H and O–H groups in total. The first kappa shape index (κ1) is 117. The lowest BCUT2D eigenvalue weighted by atomic mass is 9.86. The fraction of sp³-hybridized carbons (Fsp3) is 0.903. The van der Waals surface area contributed by atoms with E-state index in [4.69, 9.17) is 26.4 Å². The van der Waals surface area contributed by atoms with E-state index in [1.165, 1.54) is 17.7 Å². The fourth-order valence-corrected chi connectivity index (χ4v) is 16.6. The highest BCUT2D eigenvalue weighted by Gasteiger charge is 2.57. The summed E-state index contributed by atoms with van der Waals surface area (Å²) in [5.41, 5.74) is 1.25. The average Bonchev–Trinajstić information content (AvgIpc) is 1.59. The van der Waals surface area contributed by atoms with Crippen molar-refractivity contribution in [3.8, 4) is 0 Å². The molecule has 12 aliphatic rings. The number of cyclic esters (lactones) is 2. The molecule has 4 atom stereocenters. The van der Waals surface area contributed by atoms with Crippen molar-refractivity contribution in [2.45, 2.75) is 315 Å². The lowest BCUT2D eigenvalue weighted by Crippen LogP contribution is -2.55. The third-order valence-corrected chi connectivity index (χ3v) is 23.6. The van der Waals surface area contributed by atoms with Crippen LogP contribution >= 0.6 is 0 Å². The van der Waals surface area contributed by atoms with E-state index >= 15 is 0 Å².